The molecule has 3 heteroatoms. The van der Waals surface area contributed by atoms with Gasteiger partial charge in [0.2, 0.25) is 6.41 Å². The van der Waals surface area contributed by atoms with E-state index in [0.717, 1.165) is 0 Å². The van der Waals surface area contributed by atoms with Gasteiger partial charge in [-0.2, -0.15) is 0 Å². The summed E-state index contributed by atoms with van der Waals surface area (Å²) >= 11 is 2.86. The van der Waals surface area contributed by atoms with Gasteiger partial charge in [-0.25, -0.2) is 0 Å². The summed E-state index contributed by atoms with van der Waals surface area (Å²) in [6, 6.07) is 0. The molecule has 2 nitrogen and oxygen atoms in total. The zero-order chi connectivity index (χ0) is 5.70. The van der Waals surface area contributed by atoms with Crippen molar-refractivity contribution in [2.45, 2.75) is 0 Å². The smallest absolute Gasteiger partial charge is 0.220 e. The van der Waals surface area contributed by atoms with E-state index < -0.39 is 0 Å². The number of nitrogens with zero attached hydrogens (tertiary/aromatic N) is 1. The Morgan fingerprint density at radius 3 is 2.71 bits per heavy atom. The van der Waals surface area contributed by atoms with Gasteiger partial charge in [0.1, 0.15) is 0 Å². The minimum absolute atomic E-state index is 0.309. The standard InChI is InChI=1S/C4H4BrNO/c1-2-3-6(5)4-7/h1,4H,3H2. The van der Waals surface area contributed by atoms with Crippen molar-refractivity contribution < 1.29 is 4.79 Å². The highest BCUT2D eigenvalue weighted by atomic mass is 79.9. The molecule has 0 aliphatic rings. The third-order valence-electron chi connectivity index (χ3n) is 0.357. The molecule has 0 aliphatic heterocycles. The first-order chi connectivity index (χ1) is 3.31. The van der Waals surface area contributed by atoms with E-state index in [4.69, 9.17) is 6.42 Å². The fourth-order valence-corrected chi connectivity index (χ4v) is 0.269. The number of carbonyl (C=O) groups is 1. The highest BCUT2D eigenvalue weighted by Gasteiger charge is 1.85. The molecule has 1 amide bonds. The van der Waals surface area contributed by atoms with Gasteiger partial charge >= 0.3 is 0 Å². The normalized spacial score (nSPS) is 6.86. The van der Waals surface area contributed by atoms with E-state index in [-0.39, 0.29) is 0 Å². The molecule has 0 rings (SSSR count). The van der Waals surface area contributed by atoms with Gasteiger partial charge in [0.25, 0.3) is 0 Å². The lowest BCUT2D eigenvalue weighted by atomic mass is 10.7. The first-order valence-electron chi connectivity index (χ1n) is 1.62. The molecule has 0 aromatic carbocycles. The van der Waals surface area contributed by atoms with E-state index >= 15 is 0 Å². The number of carbonyl (C=O) groups excluding carboxylic acids is 1. The summed E-state index contributed by atoms with van der Waals surface area (Å²) in [5, 5.41) is 0. The molecule has 0 saturated heterocycles. The van der Waals surface area contributed by atoms with Crippen molar-refractivity contribution >= 4 is 22.6 Å². The van der Waals surface area contributed by atoms with Crippen molar-refractivity contribution in [3.8, 4) is 12.3 Å². The van der Waals surface area contributed by atoms with Crippen LogP contribution in [0.4, 0.5) is 0 Å². The summed E-state index contributed by atoms with van der Waals surface area (Å²) < 4.78 is 1.20. The second-order valence-corrected chi connectivity index (χ2v) is 1.78. The van der Waals surface area contributed by atoms with Crippen LogP contribution in [0.5, 0.6) is 0 Å². The SMILES string of the molecule is C#CCN(Br)C=O. The maximum absolute atomic E-state index is 9.68. The molecule has 0 bridgehead atoms. The van der Waals surface area contributed by atoms with E-state index in [2.05, 4.69) is 22.1 Å². The molecule has 0 atom stereocenters. The maximum Gasteiger partial charge on any atom is 0.220 e. The number of rotatable bonds is 2. The van der Waals surface area contributed by atoms with Gasteiger partial charge in [-0.15, -0.1) is 6.42 Å². The molecule has 0 spiro atoms. The summed E-state index contributed by atoms with van der Waals surface area (Å²) in [4.78, 5) is 9.68. The third-order valence-corrected chi connectivity index (χ3v) is 0.775. The zero-order valence-electron chi connectivity index (χ0n) is 3.60. The van der Waals surface area contributed by atoms with Crippen LogP contribution in [-0.4, -0.2) is 16.9 Å². The molecule has 7 heavy (non-hydrogen) atoms. The number of halogens is 1. The molecular weight excluding hydrogens is 158 g/mol. The number of hydrogen-bond acceptors (Lipinski definition) is 1. The Labute approximate surface area is 50.8 Å². The van der Waals surface area contributed by atoms with Crippen LogP contribution >= 0.6 is 16.1 Å². The van der Waals surface area contributed by atoms with Crippen molar-refractivity contribution in [3.05, 3.63) is 0 Å². The van der Waals surface area contributed by atoms with Crippen LogP contribution in [0.2, 0.25) is 0 Å². The fourth-order valence-electron chi connectivity index (χ4n) is 0.124. The van der Waals surface area contributed by atoms with Crippen LogP contribution in [0.1, 0.15) is 0 Å². The van der Waals surface area contributed by atoms with Crippen molar-refractivity contribution in [2.24, 2.45) is 0 Å². The topological polar surface area (TPSA) is 20.3 Å². The van der Waals surface area contributed by atoms with E-state index in [1.165, 1.54) is 3.93 Å². The molecule has 0 aliphatic carbocycles. The van der Waals surface area contributed by atoms with Crippen LogP contribution in [0.25, 0.3) is 0 Å². The van der Waals surface area contributed by atoms with Crippen molar-refractivity contribution in [1.29, 1.82) is 0 Å². The van der Waals surface area contributed by atoms with Crippen LogP contribution < -0.4 is 0 Å². The highest BCUT2D eigenvalue weighted by Crippen LogP contribution is 1.87. The van der Waals surface area contributed by atoms with Gasteiger partial charge in [-0.1, -0.05) is 5.92 Å². The minimum Gasteiger partial charge on any atom is -0.278 e. The van der Waals surface area contributed by atoms with Crippen LogP contribution in [-0.2, 0) is 4.79 Å². The van der Waals surface area contributed by atoms with Gasteiger partial charge in [0.05, 0.1) is 22.7 Å². The van der Waals surface area contributed by atoms with E-state index in [0.29, 0.717) is 13.0 Å². The van der Waals surface area contributed by atoms with E-state index in [9.17, 15) is 4.79 Å². The zero-order valence-corrected chi connectivity index (χ0v) is 5.18. The Bertz CT molecular complexity index is 96.4. The molecule has 0 heterocycles. The Kier molecular flexibility index (Phi) is 3.43. The lowest BCUT2D eigenvalue weighted by Crippen LogP contribution is -2.06. The highest BCUT2D eigenvalue weighted by molar-refractivity contribution is 9.07. The lowest BCUT2D eigenvalue weighted by Gasteiger charge is -1.97. The Morgan fingerprint density at radius 2 is 2.57 bits per heavy atom. The van der Waals surface area contributed by atoms with Gasteiger partial charge in [0.15, 0.2) is 0 Å². The average Bonchev–Trinajstić information content (AvgIpc) is 1.68. The van der Waals surface area contributed by atoms with Gasteiger partial charge < -0.3 is 0 Å². The third kappa shape index (κ3) is 3.34. The number of terminal acetylenes is 1. The Morgan fingerprint density at radius 1 is 2.00 bits per heavy atom. The maximum atomic E-state index is 9.68. The number of hydrogen-bond donors (Lipinski definition) is 0. The second-order valence-electron chi connectivity index (χ2n) is 0.867. The predicted octanol–water partition coefficient (Wildman–Crippen LogP) is 0.388. The molecule has 0 unspecified atom stereocenters. The monoisotopic (exact) mass is 161 g/mol. The quantitative estimate of drug-likeness (QED) is 0.326. The van der Waals surface area contributed by atoms with Crippen LogP contribution in [0, 0.1) is 12.3 Å². The van der Waals surface area contributed by atoms with Crippen molar-refractivity contribution in [3.63, 3.8) is 0 Å². The summed E-state index contributed by atoms with van der Waals surface area (Å²) in [6.07, 6.45) is 5.44. The molecule has 0 aromatic heterocycles. The second kappa shape index (κ2) is 3.69. The molecule has 0 N–H and O–H groups in total. The molecular formula is C4H4BrNO. The average molecular weight is 162 g/mol. The molecule has 0 aromatic rings. The fraction of sp³-hybridized carbons (Fsp3) is 0.250. The van der Waals surface area contributed by atoms with E-state index in [1.54, 1.807) is 0 Å². The van der Waals surface area contributed by atoms with Crippen LogP contribution in [0.3, 0.4) is 0 Å². The van der Waals surface area contributed by atoms with Crippen molar-refractivity contribution in [1.82, 2.24) is 3.93 Å². The summed E-state index contributed by atoms with van der Waals surface area (Å²) in [6.45, 7) is 0.309. The summed E-state index contributed by atoms with van der Waals surface area (Å²) in [7, 11) is 0. The molecule has 0 radical (unpaired) electrons. The Balaban J connectivity index is 3.21. The Hall–Kier alpha value is -0.490. The van der Waals surface area contributed by atoms with E-state index in [1.807, 2.05) is 0 Å². The van der Waals surface area contributed by atoms with Gasteiger partial charge in [-0.3, -0.25) is 8.72 Å². The molecule has 38 valence electrons. The largest absolute Gasteiger partial charge is 0.278 e. The van der Waals surface area contributed by atoms with Crippen molar-refractivity contribution in [2.75, 3.05) is 6.54 Å². The lowest BCUT2D eigenvalue weighted by molar-refractivity contribution is -0.113. The number of amides is 1. The molecule has 0 fully saturated rings. The summed E-state index contributed by atoms with van der Waals surface area (Å²) in [5.74, 6) is 2.27. The van der Waals surface area contributed by atoms with Crippen LogP contribution in [0.15, 0.2) is 0 Å². The predicted molar refractivity (Wildman–Crippen MR) is 30.5 cm³/mol. The summed E-state index contributed by atoms with van der Waals surface area (Å²) in [5.41, 5.74) is 0. The first kappa shape index (κ1) is 6.51. The van der Waals surface area contributed by atoms with Gasteiger partial charge in [0, 0.05) is 0 Å². The van der Waals surface area contributed by atoms with Gasteiger partial charge in [-0.05, 0) is 0 Å². The first-order valence-corrected chi connectivity index (χ1v) is 2.33. The minimum atomic E-state index is 0.309. The molecule has 0 saturated carbocycles.